The minimum atomic E-state index is 0.588. The minimum Gasteiger partial charge on any atom is -0.497 e. The van der Waals surface area contributed by atoms with Gasteiger partial charge in [-0.2, -0.15) is 0 Å². The van der Waals surface area contributed by atoms with E-state index in [1.807, 2.05) is 37.3 Å². The van der Waals surface area contributed by atoms with Gasteiger partial charge < -0.3 is 14.8 Å². The summed E-state index contributed by atoms with van der Waals surface area (Å²) in [6, 6.07) is 9.84. The van der Waals surface area contributed by atoms with Crippen LogP contribution in [0.2, 0.25) is 0 Å². The average molecular weight is 388 g/mol. The number of rotatable bonds is 5. The van der Waals surface area contributed by atoms with Crippen molar-refractivity contribution in [3.8, 4) is 11.5 Å². The Labute approximate surface area is 149 Å². The summed E-state index contributed by atoms with van der Waals surface area (Å²) in [6.07, 6.45) is 1.58. The van der Waals surface area contributed by atoms with Crippen molar-refractivity contribution in [3.63, 3.8) is 0 Å². The molecule has 5 nitrogen and oxygen atoms in total. The quantitative estimate of drug-likeness (QED) is 0.705. The fourth-order valence-corrected chi connectivity index (χ4v) is 3.19. The first-order valence-electron chi connectivity index (χ1n) is 7.48. The van der Waals surface area contributed by atoms with E-state index in [1.165, 1.54) is 0 Å². The normalized spacial score (nSPS) is 10.7. The zero-order valence-corrected chi connectivity index (χ0v) is 15.3. The summed E-state index contributed by atoms with van der Waals surface area (Å²) in [5.41, 5.74) is 3.07. The van der Waals surface area contributed by atoms with E-state index in [1.54, 1.807) is 20.5 Å². The van der Waals surface area contributed by atoms with Crippen molar-refractivity contribution in [1.82, 2.24) is 9.97 Å². The lowest BCUT2D eigenvalue weighted by molar-refractivity contribution is 0.391. The van der Waals surface area contributed by atoms with E-state index in [2.05, 4.69) is 31.2 Å². The number of benzene rings is 2. The summed E-state index contributed by atoms with van der Waals surface area (Å²) in [7, 11) is 3.29. The van der Waals surface area contributed by atoms with Crippen LogP contribution >= 0.6 is 15.9 Å². The average Bonchev–Trinajstić information content (AvgIpc) is 2.59. The number of nitrogens with one attached hydrogen (secondary N) is 1. The topological polar surface area (TPSA) is 56.3 Å². The number of hydrogen-bond acceptors (Lipinski definition) is 5. The van der Waals surface area contributed by atoms with Gasteiger partial charge in [-0.3, -0.25) is 0 Å². The molecule has 0 fully saturated rings. The zero-order valence-electron chi connectivity index (χ0n) is 13.8. The van der Waals surface area contributed by atoms with Gasteiger partial charge in [0.2, 0.25) is 0 Å². The number of nitrogens with zero attached hydrogens (tertiary/aromatic N) is 2. The molecule has 0 atom stereocenters. The molecular formula is C18H18BrN3O2. The van der Waals surface area contributed by atoms with Crippen LogP contribution < -0.4 is 14.8 Å². The molecule has 0 saturated carbocycles. The molecule has 0 spiro atoms. The second-order valence-corrected chi connectivity index (χ2v) is 6.29. The van der Waals surface area contributed by atoms with Gasteiger partial charge in [-0.1, -0.05) is 15.9 Å². The van der Waals surface area contributed by atoms with Gasteiger partial charge in [-0.05, 0) is 36.8 Å². The monoisotopic (exact) mass is 387 g/mol. The van der Waals surface area contributed by atoms with E-state index in [4.69, 9.17) is 9.47 Å². The Hall–Kier alpha value is -2.34. The minimum absolute atomic E-state index is 0.588. The Kier molecular flexibility index (Phi) is 4.85. The predicted molar refractivity (Wildman–Crippen MR) is 98.8 cm³/mol. The predicted octanol–water partition coefficient (Wildman–Crippen LogP) is 4.33. The molecule has 3 rings (SSSR count). The van der Waals surface area contributed by atoms with Crippen LogP contribution in [-0.4, -0.2) is 24.2 Å². The van der Waals surface area contributed by atoms with Crippen LogP contribution in [0.4, 0.5) is 5.82 Å². The highest BCUT2D eigenvalue weighted by Crippen LogP contribution is 2.28. The molecular weight excluding hydrogens is 370 g/mol. The molecule has 1 aromatic heterocycles. The standard InChI is InChI=1S/C18H18BrN3O2/c1-11-6-13(19)7-15-17(11)21-10-22-18(15)20-9-12-4-5-14(23-2)8-16(12)24-3/h4-8,10H,9H2,1-3H3,(H,20,21,22). The molecule has 0 unspecified atom stereocenters. The zero-order chi connectivity index (χ0) is 17.1. The Balaban J connectivity index is 1.91. The fourth-order valence-electron chi connectivity index (χ4n) is 2.62. The van der Waals surface area contributed by atoms with Crippen molar-refractivity contribution in [2.24, 2.45) is 0 Å². The van der Waals surface area contributed by atoms with Gasteiger partial charge >= 0.3 is 0 Å². The molecule has 1 N–H and O–H groups in total. The molecule has 0 saturated heterocycles. The van der Waals surface area contributed by atoms with Crippen LogP contribution in [0.15, 0.2) is 41.1 Å². The Bertz CT molecular complexity index is 884. The summed E-state index contributed by atoms with van der Waals surface area (Å²) in [5, 5.41) is 4.36. The van der Waals surface area contributed by atoms with E-state index in [-0.39, 0.29) is 0 Å². The van der Waals surface area contributed by atoms with Crippen molar-refractivity contribution < 1.29 is 9.47 Å². The van der Waals surface area contributed by atoms with Crippen molar-refractivity contribution >= 4 is 32.7 Å². The first-order valence-corrected chi connectivity index (χ1v) is 8.27. The summed E-state index contributed by atoms with van der Waals surface area (Å²) in [5.74, 6) is 2.34. The van der Waals surface area contributed by atoms with Crippen LogP contribution in [-0.2, 0) is 6.54 Å². The highest BCUT2D eigenvalue weighted by Gasteiger charge is 2.09. The van der Waals surface area contributed by atoms with Crippen molar-refractivity contribution in [1.29, 1.82) is 0 Å². The molecule has 0 amide bonds. The van der Waals surface area contributed by atoms with E-state index in [0.717, 1.165) is 43.8 Å². The SMILES string of the molecule is COc1ccc(CNc2ncnc3c(C)cc(Br)cc23)c(OC)c1. The van der Waals surface area contributed by atoms with E-state index in [9.17, 15) is 0 Å². The first-order chi connectivity index (χ1) is 11.6. The number of aromatic nitrogens is 2. The Morgan fingerprint density at radius 1 is 1.08 bits per heavy atom. The number of hydrogen-bond donors (Lipinski definition) is 1. The molecule has 6 heteroatoms. The van der Waals surface area contributed by atoms with Gasteiger partial charge in [0.1, 0.15) is 23.6 Å². The maximum absolute atomic E-state index is 5.44. The molecule has 3 aromatic rings. The van der Waals surface area contributed by atoms with Crippen LogP contribution in [0, 0.1) is 6.92 Å². The number of aryl methyl sites for hydroxylation is 1. The van der Waals surface area contributed by atoms with Gasteiger partial charge in [0.25, 0.3) is 0 Å². The maximum atomic E-state index is 5.44. The van der Waals surface area contributed by atoms with Crippen LogP contribution in [0.25, 0.3) is 10.9 Å². The van der Waals surface area contributed by atoms with Crippen molar-refractivity contribution in [2.75, 3.05) is 19.5 Å². The molecule has 0 aliphatic carbocycles. The van der Waals surface area contributed by atoms with Crippen molar-refractivity contribution in [2.45, 2.75) is 13.5 Å². The van der Waals surface area contributed by atoms with Gasteiger partial charge in [0.05, 0.1) is 19.7 Å². The summed E-state index contributed by atoms with van der Waals surface area (Å²) in [4.78, 5) is 8.77. The molecule has 0 bridgehead atoms. The molecule has 0 aliphatic heterocycles. The molecule has 124 valence electrons. The maximum Gasteiger partial charge on any atom is 0.137 e. The first kappa shape index (κ1) is 16.5. The van der Waals surface area contributed by atoms with Crippen LogP contribution in [0.5, 0.6) is 11.5 Å². The van der Waals surface area contributed by atoms with E-state index < -0.39 is 0 Å². The van der Waals surface area contributed by atoms with E-state index in [0.29, 0.717) is 6.54 Å². The number of anilines is 1. The number of methoxy groups -OCH3 is 2. The van der Waals surface area contributed by atoms with Crippen molar-refractivity contribution in [3.05, 3.63) is 52.3 Å². The highest BCUT2D eigenvalue weighted by atomic mass is 79.9. The van der Waals surface area contributed by atoms with Crippen LogP contribution in [0.3, 0.4) is 0 Å². The van der Waals surface area contributed by atoms with Gasteiger partial charge in [0.15, 0.2) is 0 Å². The van der Waals surface area contributed by atoms with Crippen LogP contribution in [0.1, 0.15) is 11.1 Å². The Morgan fingerprint density at radius 2 is 1.92 bits per heavy atom. The lowest BCUT2D eigenvalue weighted by Crippen LogP contribution is -2.04. The second kappa shape index (κ2) is 7.05. The molecule has 0 aliphatic rings. The largest absolute Gasteiger partial charge is 0.497 e. The third-order valence-electron chi connectivity index (χ3n) is 3.83. The fraction of sp³-hybridized carbons (Fsp3) is 0.222. The third kappa shape index (κ3) is 3.28. The second-order valence-electron chi connectivity index (χ2n) is 5.37. The van der Waals surface area contributed by atoms with Gasteiger partial charge in [0, 0.05) is 28.0 Å². The highest BCUT2D eigenvalue weighted by molar-refractivity contribution is 9.10. The molecule has 2 aromatic carbocycles. The van der Waals surface area contributed by atoms with E-state index >= 15 is 0 Å². The molecule has 0 radical (unpaired) electrons. The number of ether oxygens (including phenoxy) is 2. The third-order valence-corrected chi connectivity index (χ3v) is 4.29. The molecule has 24 heavy (non-hydrogen) atoms. The Morgan fingerprint density at radius 3 is 2.67 bits per heavy atom. The lowest BCUT2D eigenvalue weighted by Gasteiger charge is -2.13. The summed E-state index contributed by atoms with van der Waals surface area (Å²) < 4.78 is 11.7. The lowest BCUT2D eigenvalue weighted by atomic mass is 10.1. The van der Waals surface area contributed by atoms with Gasteiger partial charge in [-0.25, -0.2) is 9.97 Å². The summed E-state index contributed by atoms with van der Waals surface area (Å²) in [6.45, 7) is 2.63. The number of fused-ring (bicyclic) bond motifs is 1. The number of halogens is 1. The molecule has 1 heterocycles. The van der Waals surface area contributed by atoms with Gasteiger partial charge in [-0.15, -0.1) is 0 Å². The summed E-state index contributed by atoms with van der Waals surface area (Å²) >= 11 is 3.53. The smallest absolute Gasteiger partial charge is 0.137 e.